The summed E-state index contributed by atoms with van der Waals surface area (Å²) in [6.45, 7) is 2.89. The van der Waals surface area contributed by atoms with E-state index in [4.69, 9.17) is 21.1 Å². The number of piperidine rings is 1. The van der Waals surface area contributed by atoms with Crippen LogP contribution in [-0.2, 0) is 10.5 Å². The highest BCUT2D eigenvalue weighted by Crippen LogP contribution is 2.47. The third-order valence-corrected chi connectivity index (χ3v) is 5.54. The van der Waals surface area contributed by atoms with Gasteiger partial charge >= 0.3 is 6.09 Å². The van der Waals surface area contributed by atoms with Gasteiger partial charge in [0.1, 0.15) is 11.4 Å². The van der Waals surface area contributed by atoms with Crippen LogP contribution in [0.25, 0.3) is 0 Å². The van der Waals surface area contributed by atoms with E-state index in [-0.39, 0.29) is 12.0 Å². The van der Waals surface area contributed by atoms with Crippen molar-refractivity contribution in [2.45, 2.75) is 31.7 Å². The number of para-hydroxylation sites is 1. The Bertz CT molecular complexity index is 836. The van der Waals surface area contributed by atoms with E-state index in [1.165, 1.54) is 4.90 Å². The summed E-state index contributed by atoms with van der Waals surface area (Å²) in [5, 5.41) is 9.75. The molecule has 1 N–H and O–H groups in total. The number of fused-ring (bicyclic) bond motifs is 1. The molecule has 1 aromatic heterocycles. The molecular weight excluding hydrogens is 368 g/mol. The Hall–Kier alpha value is -2.31. The van der Waals surface area contributed by atoms with Crippen LogP contribution in [0.15, 0.2) is 42.6 Å². The number of nitrogens with zero attached hydrogens (tertiary/aromatic N) is 2. The first kappa shape index (κ1) is 18.1. The lowest BCUT2D eigenvalue weighted by Gasteiger charge is -2.44. The number of rotatable bonds is 2. The first-order valence-corrected chi connectivity index (χ1v) is 9.40. The van der Waals surface area contributed by atoms with Crippen LogP contribution in [0.2, 0.25) is 5.02 Å². The molecule has 1 aromatic carbocycles. The van der Waals surface area contributed by atoms with Crippen molar-refractivity contribution in [2.75, 3.05) is 13.1 Å². The third kappa shape index (κ3) is 3.47. The first-order chi connectivity index (χ1) is 13.0. The van der Waals surface area contributed by atoms with Gasteiger partial charge in [0.15, 0.2) is 0 Å². The SMILES string of the molecule is C[C@@]1(c2ccc(Cl)cn2)Oc2ccccc2C(C2CCN(C(=O)O)CC2)O1. The fraction of sp³-hybridized carbons (Fsp3) is 0.400. The van der Waals surface area contributed by atoms with Gasteiger partial charge in [-0.1, -0.05) is 29.8 Å². The lowest BCUT2D eigenvalue weighted by molar-refractivity contribution is -0.244. The number of carbonyl (C=O) groups is 1. The standard InChI is InChI=1S/C20H21ClN2O4/c1-20(17-7-6-14(21)12-22-17)26-16-5-3-2-4-15(16)18(27-20)13-8-10-23(11-9-13)19(24)25/h2-7,12-13,18H,8-11H2,1H3,(H,24,25)/t18?,20-/m1/s1. The van der Waals surface area contributed by atoms with E-state index in [9.17, 15) is 9.90 Å². The van der Waals surface area contributed by atoms with Crippen molar-refractivity contribution in [1.82, 2.24) is 9.88 Å². The maximum absolute atomic E-state index is 11.2. The molecule has 3 heterocycles. The predicted molar refractivity (Wildman–Crippen MR) is 99.8 cm³/mol. The molecule has 0 bridgehead atoms. The molecule has 27 heavy (non-hydrogen) atoms. The number of halogens is 1. The summed E-state index contributed by atoms with van der Waals surface area (Å²) in [5.74, 6) is -0.0565. The van der Waals surface area contributed by atoms with Crippen molar-refractivity contribution in [3.63, 3.8) is 0 Å². The average molecular weight is 389 g/mol. The Morgan fingerprint density at radius 3 is 2.67 bits per heavy atom. The number of hydrogen-bond acceptors (Lipinski definition) is 4. The lowest BCUT2D eigenvalue weighted by Crippen LogP contribution is -2.44. The van der Waals surface area contributed by atoms with Gasteiger partial charge in [-0.05, 0) is 37.0 Å². The zero-order valence-corrected chi connectivity index (χ0v) is 15.7. The number of benzene rings is 1. The highest BCUT2D eigenvalue weighted by molar-refractivity contribution is 6.30. The normalized spacial score (nSPS) is 25.6. The second-order valence-electron chi connectivity index (χ2n) is 7.09. The number of pyridine rings is 1. The summed E-state index contributed by atoms with van der Waals surface area (Å²) >= 11 is 5.97. The summed E-state index contributed by atoms with van der Waals surface area (Å²) in [5.41, 5.74) is 1.65. The monoisotopic (exact) mass is 388 g/mol. The number of carboxylic acid groups (broad SMARTS) is 1. The summed E-state index contributed by atoms with van der Waals surface area (Å²) < 4.78 is 12.7. The lowest BCUT2D eigenvalue weighted by atomic mass is 9.86. The molecule has 7 heteroatoms. The molecule has 142 valence electrons. The molecule has 0 aliphatic carbocycles. The van der Waals surface area contributed by atoms with Crippen molar-refractivity contribution >= 4 is 17.7 Å². The Kier molecular flexibility index (Phi) is 4.70. The van der Waals surface area contributed by atoms with Gasteiger partial charge in [-0.15, -0.1) is 0 Å². The maximum Gasteiger partial charge on any atom is 0.407 e. The maximum atomic E-state index is 11.2. The zero-order chi connectivity index (χ0) is 19.0. The van der Waals surface area contributed by atoms with Gasteiger partial charge in [0, 0.05) is 31.8 Å². The fourth-order valence-corrected chi connectivity index (χ4v) is 3.96. The molecule has 1 fully saturated rings. The van der Waals surface area contributed by atoms with Gasteiger partial charge in [0.25, 0.3) is 5.79 Å². The molecule has 4 rings (SSSR count). The van der Waals surface area contributed by atoms with Crippen LogP contribution in [0, 0.1) is 5.92 Å². The minimum absolute atomic E-state index is 0.187. The first-order valence-electron chi connectivity index (χ1n) is 9.02. The second-order valence-corrected chi connectivity index (χ2v) is 7.53. The molecule has 1 saturated heterocycles. The van der Waals surface area contributed by atoms with E-state index in [1.807, 2.05) is 31.2 Å². The molecule has 0 saturated carbocycles. The van der Waals surface area contributed by atoms with Crippen LogP contribution in [0.4, 0.5) is 4.79 Å². The van der Waals surface area contributed by atoms with E-state index in [2.05, 4.69) is 4.98 Å². The predicted octanol–water partition coefficient (Wildman–Crippen LogP) is 4.45. The number of aromatic nitrogens is 1. The molecule has 0 radical (unpaired) electrons. The van der Waals surface area contributed by atoms with Crippen LogP contribution in [0.1, 0.15) is 37.1 Å². The summed E-state index contributed by atoms with van der Waals surface area (Å²) in [6, 6.07) is 11.4. The van der Waals surface area contributed by atoms with Gasteiger partial charge < -0.3 is 19.5 Å². The highest BCUT2D eigenvalue weighted by atomic mass is 35.5. The van der Waals surface area contributed by atoms with E-state index in [0.29, 0.717) is 23.8 Å². The molecule has 2 atom stereocenters. The Morgan fingerprint density at radius 1 is 1.26 bits per heavy atom. The summed E-state index contributed by atoms with van der Waals surface area (Å²) in [4.78, 5) is 17.1. The Balaban J connectivity index is 1.64. The van der Waals surface area contributed by atoms with Gasteiger partial charge in [-0.25, -0.2) is 4.79 Å². The van der Waals surface area contributed by atoms with Gasteiger partial charge in [-0.2, -0.15) is 0 Å². The van der Waals surface area contributed by atoms with Crippen molar-refractivity contribution in [3.8, 4) is 5.75 Å². The molecule has 1 amide bonds. The molecular formula is C20H21ClN2O4. The summed E-state index contributed by atoms with van der Waals surface area (Å²) in [6.07, 6.45) is 2.02. The molecule has 1 unspecified atom stereocenters. The fourth-order valence-electron chi connectivity index (χ4n) is 3.85. The van der Waals surface area contributed by atoms with Crippen LogP contribution < -0.4 is 4.74 Å². The molecule has 2 aromatic rings. The van der Waals surface area contributed by atoms with Crippen LogP contribution in [-0.4, -0.2) is 34.2 Å². The summed E-state index contributed by atoms with van der Waals surface area (Å²) in [7, 11) is 0. The number of ether oxygens (including phenoxy) is 2. The topological polar surface area (TPSA) is 71.9 Å². The van der Waals surface area contributed by atoms with E-state index >= 15 is 0 Å². The number of likely N-dealkylation sites (tertiary alicyclic amines) is 1. The smallest absolute Gasteiger partial charge is 0.407 e. The number of amides is 1. The van der Waals surface area contributed by atoms with Crippen molar-refractivity contribution in [2.24, 2.45) is 5.92 Å². The molecule has 0 spiro atoms. The van der Waals surface area contributed by atoms with Crippen LogP contribution in [0.3, 0.4) is 0 Å². The average Bonchev–Trinajstić information content (AvgIpc) is 2.68. The largest absolute Gasteiger partial charge is 0.465 e. The molecule has 2 aliphatic heterocycles. The van der Waals surface area contributed by atoms with Crippen molar-refractivity contribution in [1.29, 1.82) is 0 Å². The van der Waals surface area contributed by atoms with E-state index < -0.39 is 11.9 Å². The quantitative estimate of drug-likeness (QED) is 0.822. The minimum atomic E-state index is -1.03. The van der Waals surface area contributed by atoms with Gasteiger partial charge in [0.2, 0.25) is 0 Å². The van der Waals surface area contributed by atoms with Crippen LogP contribution in [0.5, 0.6) is 5.75 Å². The minimum Gasteiger partial charge on any atom is -0.465 e. The molecule has 6 nitrogen and oxygen atoms in total. The number of hydrogen-bond donors (Lipinski definition) is 1. The Morgan fingerprint density at radius 2 is 2.00 bits per heavy atom. The zero-order valence-electron chi connectivity index (χ0n) is 15.0. The van der Waals surface area contributed by atoms with E-state index in [1.54, 1.807) is 18.3 Å². The Labute approximate surface area is 162 Å². The van der Waals surface area contributed by atoms with E-state index in [0.717, 1.165) is 24.2 Å². The van der Waals surface area contributed by atoms with Crippen molar-refractivity contribution in [3.05, 3.63) is 58.9 Å². The van der Waals surface area contributed by atoms with Crippen molar-refractivity contribution < 1.29 is 19.4 Å². The van der Waals surface area contributed by atoms with Gasteiger partial charge in [0.05, 0.1) is 11.1 Å². The third-order valence-electron chi connectivity index (χ3n) is 5.31. The molecule has 2 aliphatic rings. The van der Waals surface area contributed by atoms with Crippen LogP contribution >= 0.6 is 11.6 Å². The highest BCUT2D eigenvalue weighted by Gasteiger charge is 2.44. The van der Waals surface area contributed by atoms with Gasteiger partial charge in [-0.3, -0.25) is 4.98 Å². The second kappa shape index (κ2) is 7.02.